The second kappa shape index (κ2) is 12.9. The van der Waals surface area contributed by atoms with Crippen molar-refractivity contribution in [1.82, 2.24) is 15.2 Å². The molecule has 0 aliphatic carbocycles. The molecule has 0 saturated heterocycles. The van der Waals surface area contributed by atoms with Crippen LogP contribution in [-0.4, -0.2) is 69.7 Å². The maximum absolute atomic E-state index is 11.6. The lowest BCUT2D eigenvalue weighted by Crippen LogP contribution is -2.41. The minimum atomic E-state index is -1.18. The van der Waals surface area contributed by atoms with Crippen LogP contribution in [0.25, 0.3) is 0 Å². The summed E-state index contributed by atoms with van der Waals surface area (Å²) in [5.74, 6) is -1.97. The fraction of sp³-hybridized carbons (Fsp3) is 0.611. The van der Waals surface area contributed by atoms with Crippen molar-refractivity contribution in [1.29, 1.82) is 0 Å². The van der Waals surface area contributed by atoms with Gasteiger partial charge in [0.25, 0.3) is 0 Å². The summed E-state index contributed by atoms with van der Waals surface area (Å²) in [6.45, 7) is 2.53. The highest BCUT2D eigenvalue weighted by molar-refractivity contribution is 7.99. The molecule has 164 valence electrons. The first-order valence-electron chi connectivity index (χ1n) is 9.26. The van der Waals surface area contributed by atoms with E-state index >= 15 is 0 Å². The summed E-state index contributed by atoms with van der Waals surface area (Å²) in [4.78, 5) is 34.1. The van der Waals surface area contributed by atoms with Crippen molar-refractivity contribution in [2.24, 2.45) is 0 Å². The van der Waals surface area contributed by atoms with Gasteiger partial charge in [0.1, 0.15) is 6.04 Å². The molecule has 1 rings (SSSR count). The van der Waals surface area contributed by atoms with E-state index in [4.69, 9.17) is 9.84 Å². The highest BCUT2D eigenvalue weighted by Crippen LogP contribution is 2.36. The molecule has 5 N–H and O–H groups in total. The molecule has 0 bridgehead atoms. The van der Waals surface area contributed by atoms with E-state index in [-0.39, 0.29) is 23.4 Å². The molecule has 1 atom stereocenters. The fourth-order valence-electron chi connectivity index (χ4n) is 2.53. The Morgan fingerprint density at radius 3 is 2.59 bits per heavy atom. The van der Waals surface area contributed by atoms with Crippen molar-refractivity contribution in [2.45, 2.75) is 50.1 Å². The van der Waals surface area contributed by atoms with E-state index < -0.39 is 17.9 Å². The number of carboxylic acid groups (broad SMARTS) is 1. The highest BCUT2D eigenvalue weighted by Gasteiger charge is 2.21. The topological polar surface area (TPSA) is 150 Å². The number of ether oxygens (including phenoxy) is 1. The van der Waals surface area contributed by atoms with Gasteiger partial charge >= 0.3 is 5.97 Å². The summed E-state index contributed by atoms with van der Waals surface area (Å²) < 4.78 is 6.18. The maximum atomic E-state index is 11.6. The number of aliphatic carboxylic acids is 1. The first-order chi connectivity index (χ1) is 13.8. The molecule has 1 aromatic rings. The van der Waals surface area contributed by atoms with Crippen LogP contribution in [0, 0.1) is 0 Å². The SMILES string of the molecule is COCCNC(=O)CCCCCn1c(O)cc(SCC(NC(C)=O)C(=O)O)c1O. The molecule has 0 radical (unpaired) electrons. The van der Waals surface area contributed by atoms with Crippen LogP contribution in [0.4, 0.5) is 0 Å². The van der Waals surface area contributed by atoms with E-state index in [1.54, 1.807) is 7.11 Å². The fourth-order valence-corrected chi connectivity index (χ4v) is 3.53. The lowest BCUT2D eigenvalue weighted by molar-refractivity contribution is -0.140. The van der Waals surface area contributed by atoms with Crippen LogP contribution in [0.2, 0.25) is 0 Å². The minimum Gasteiger partial charge on any atom is -0.494 e. The molecule has 0 aliphatic rings. The zero-order valence-electron chi connectivity index (χ0n) is 16.6. The molecule has 1 heterocycles. The summed E-state index contributed by atoms with van der Waals surface area (Å²) >= 11 is 1.03. The second-order valence-corrected chi connectivity index (χ2v) is 7.46. The first-order valence-corrected chi connectivity index (χ1v) is 10.2. The van der Waals surface area contributed by atoms with Crippen molar-refractivity contribution in [3.05, 3.63) is 6.07 Å². The summed E-state index contributed by atoms with van der Waals surface area (Å²) in [6, 6.07) is 0.257. The third kappa shape index (κ3) is 9.09. The Morgan fingerprint density at radius 2 is 1.97 bits per heavy atom. The Balaban J connectivity index is 2.45. The summed E-state index contributed by atoms with van der Waals surface area (Å²) in [5, 5.41) is 34.5. The van der Waals surface area contributed by atoms with Gasteiger partial charge in [0.05, 0.1) is 11.5 Å². The van der Waals surface area contributed by atoms with E-state index in [2.05, 4.69) is 10.6 Å². The average molecular weight is 432 g/mol. The first kappa shape index (κ1) is 24.6. The van der Waals surface area contributed by atoms with Crippen LogP contribution in [-0.2, 0) is 25.7 Å². The third-order valence-electron chi connectivity index (χ3n) is 4.01. The summed E-state index contributed by atoms with van der Waals surface area (Å²) in [6.07, 6.45) is 2.46. The van der Waals surface area contributed by atoms with Gasteiger partial charge in [0.2, 0.25) is 17.7 Å². The Labute approximate surface area is 173 Å². The molecule has 0 aliphatic heterocycles. The lowest BCUT2D eigenvalue weighted by atomic mass is 10.2. The van der Waals surface area contributed by atoms with E-state index in [0.29, 0.717) is 43.9 Å². The zero-order valence-corrected chi connectivity index (χ0v) is 17.5. The molecule has 1 unspecified atom stereocenters. The summed E-state index contributed by atoms with van der Waals surface area (Å²) in [5.41, 5.74) is 0. The minimum absolute atomic E-state index is 0.00408. The number of rotatable bonds is 14. The standard InChI is InChI=1S/C18H29N3O7S/c1-12(22)20-13(18(26)27)11-29-14-10-16(24)21(17(14)25)8-5-3-4-6-15(23)19-7-9-28-2/h10,13,24-25H,3-9,11H2,1-2H3,(H,19,23)(H,20,22)(H,26,27). The van der Waals surface area contributed by atoms with Crippen LogP contribution in [0.3, 0.4) is 0 Å². The van der Waals surface area contributed by atoms with Crippen LogP contribution < -0.4 is 10.6 Å². The number of unbranched alkanes of at least 4 members (excludes halogenated alkanes) is 2. The van der Waals surface area contributed by atoms with Gasteiger partial charge in [-0.25, -0.2) is 4.79 Å². The quantitative estimate of drug-likeness (QED) is 0.215. The van der Waals surface area contributed by atoms with Gasteiger partial charge in [0.15, 0.2) is 5.88 Å². The number of thioether (sulfide) groups is 1. The molecule has 0 aromatic carbocycles. The van der Waals surface area contributed by atoms with Gasteiger partial charge in [-0.3, -0.25) is 14.2 Å². The second-order valence-electron chi connectivity index (χ2n) is 6.40. The number of hydrogen-bond acceptors (Lipinski definition) is 7. The van der Waals surface area contributed by atoms with Crippen molar-refractivity contribution in [2.75, 3.05) is 26.0 Å². The van der Waals surface area contributed by atoms with Crippen LogP contribution in [0.1, 0.15) is 32.6 Å². The number of aromatic hydroxyl groups is 2. The molecule has 10 nitrogen and oxygen atoms in total. The van der Waals surface area contributed by atoms with Crippen molar-refractivity contribution in [3.8, 4) is 11.8 Å². The predicted octanol–water partition coefficient (Wildman–Crippen LogP) is 0.904. The number of amides is 2. The molecule has 2 amide bonds. The van der Waals surface area contributed by atoms with Crippen LogP contribution in [0.15, 0.2) is 11.0 Å². The zero-order chi connectivity index (χ0) is 21.8. The largest absolute Gasteiger partial charge is 0.494 e. The molecule has 0 spiro atoms. The highest BCUT2D eigenvalue weighted by atomic mass is 32.2. The predicted molar refractivity (Wildman–Crippen MR) is 107 cm³/mol. The Kier molecular flexibility index (Phi) is 11.0. The normalized spacial score (nSPS) is 11.8. The number of carbonyl (C=O) groups excluding carboxylic acids is 2. The van der Waals surface area contributed by atoms with Gasteiger partial charge in [-0.05, 0) is 12.8 Å². The third-order valence-corrected chi connectivity index (χ3v) is 5.12. The van der Waals surface area contributed by atoms with E-state index in [1.165, 1.54) is 17.6 Å². The van der Waals surface area contributed by atoms with Crippen molar-refractivity contribution < 1.29 is 34.4 Å². The number of carboxylic acids is 1. The van der Waals surface area contributed by atoms with Gasteiger partial charge in [0, 0.05) is 45.4 Å². The molecular formula is C18H29N3O7S. The number of carbonyl (C=O) groups is 3. The number of hydrogen-bond donors (Lipinski definition) is 5. The number of aromatic nitrogens is 1. The smallest absolute Gasteiger partial charge is 0.327 e. The Hall–Kier alpha value is -2.40. The molecule has 0 saturated carbocycles. The molecule has 1 aromatic heterocycles. The average Bonchev–Trinajstić information content (AvgIpc) is 2.91. The Morgan fingerprint density at radius 1 is 1.24 bits per heavy atom. The lowest BCUT2D eigenvalue weighted by Gasteiger charge is -2.12. The Bertz CT molecular complexity index is 693. The monoisotopic (exact) mass is 431 g/mol. The van der Waals surface area contributed by atoms with E-state index in [1.807, 2.05) is 0 Å². The van der Waals surface area contributed by atoms with Crippen molar-refractivity contribution >= 4 is 29.5 Å². The summed E-state index contributed by atoms with van der Waals surface area (Å²) in [7, 11) is 1.57. The van der Waals surface area contributed by atoms with Gasteiger partial charge < -0.3 is 30.7 Å². The maximum Gasteiger partial charge on any atom is 0.327 e. The molecule has 11 heteroatoms. The number of nitrogens with zero attached hydrogens (tertiary/aromatic N) is 1. The number of methoxy groups -OCH3 is 1. The van der Waals surface area contributed by atoms with Gasteiger partial charge in [-0.15, -0.1) is 11.8 Å². The van der Waals surface area contributed by atoms with E-state index in [0.717, 1.165) is 18.2 Å². The van der Waals surface area contributed by atoms with Crippen LogP contribution >= 0.6 is 11.8 Å². The molecule has 29 heavy (non-hydrogen) atoms. The molecule has 0 fully saturated rings. The van der Waals surface area contributed by atoms with Gasteiger partial charge in [-0.1, -0.05) is 6.42 Å². The van der Waals surface area contributed by atoms with E-state index in [9.17, 15) is 24.6 Å². The van der Waals surface area contributed by atoms with Crippen LogP contribution in [0.5, 0.6) is 11.8 Å². The number of nitrogens with one attached hydrogen (secondary N) is 2. The van der Waals surface area contributed by atoms with Gasteiger partial charge in [-0.2, -0.15) is 0 Å². The van der Waals surface area contributed by atoms with Crippen molar-refractivity contribution in [3.63, 3.8) is 0 Å². The molecular weight excluding hydrogens is 402 g/mol.